The molecule has 0 spiro atoms. The Kier molecular flexibility index (Phi) is 9.67. The first-order chi connectivity index (χ1) is 19.3. The number of halogens is 2. The van der Waals surface area contributed by atoms with Gasteiger partial charge in [-0.1, -0.05) is 34.1 Å². The molecule has 4 aromatic rings. The zero-order valence-corrected chi connectivity index (χ0v) is 24.0. The number of benzene rings is 4. The van der Waals surface area contributed by atoms with Gasteiger partial charge in [-0.05, 0) is 99.4 Å². The van der Waals surface area contributed by atoms with Crippen LogP contribution in [0.1, 0.15) is 16.7 Å². The molecule has 0 radical (unpaired) electrons. The van der Waals surface area contributed by atoms with E-state index in [1.165, 1.54) is 18.2 Å². The maximum atomic E-state index is 12.7. The molecule has 0 saturated heterocycles. The number of ether oxygens (including phenoxy) is 2. The number of anilines is 1. The summed E-state index contributed by atoms with van der Waals surface area (Å²) in [6.45, 7) is 0.627. The van der Waals surface area contributed by atoms with Gasteiger partial charge in [-0.25, -0.2) is 0 Å². The highest BCUT2D eigenvalue weighted by Gasteiger charge is 2.11. The largest absolute Gasteiger partial charge is 0.489 e. The Morgan fingerprint density at radius 1 is 0.900 bits per heavy atom. The number of nitrogens with one attached hydrogen (secondary N) is 1. The minimum Gasteiger partial charge on any atom is -0.489 e. The van der Waals surface area contributed by atoms with Gasteiger partial charge in [-0.3, -0.25) is 14.9 Å². The summed E-state index contributed by atoms with van der Waals surface area (Å²) < 4.78 is 13.2. The van der Waals surface area contributed by atoms with E-state index < -0.39 is 10.8 Å². The first kappa shape index (κ1) is 28.5. The van der Waals surface area contributed by atoms with Crippen LogP contribution in [0.2, 0.25) is 0 Å². The molecular formula is C30H21Br2N3O5. The van der Waals surface area contributed by atoms with Crippen LogP contribution in [-0.2, 0) is 18.0 Å². The summed E-state index contributed by atoms with van der Waals surface area (Å²) in [7, 11) is 0. The maximum absolute atomic E-state index is 12.7. The van der Waals surface area contributed by atoms with Crippen molar-refractivity contribution in [1.82, 2.24) is 0 Å². The lowest BCUT2D eigenvalue weighted by molar-refractivity contribution is -0.384. The van der Waals surface area contributed by atoms with E-state index in [-0.39, 0.29) is 17.9 Å². The minimum atomic E-state index is -0.541. The number of hydrogen-bond donors (Lipinski definition) is 1. The topological polar surface area (TPSA) is 114 Å². The zero-order chi connectivity index (χ0) is 28.5. The predicted molar refractivity (Wildman–Crippen MR) is 159 cm³/mol. The second-order valence-electron chi connectivity index (χ2n) is 8.47. The summed E-state index contributed by atoms with van der Waals surface area (Å²) in [5.41, 5.74) is 2.89. The third-order valence-electron chi connectivity index (χ3n) is 5.60. The Morgan fingerprint density at radius 3 is 2.12 bits per heavy atom. The molecule has 0 aromatic heterocycles. The number of non-ortho nitro benzene ring substituents is 1. The highest BCUT2D eigenvalue weighted by atomic mass is 79.9. The number of amides is 1. The summed E-state index contributed by atoms with van der Waals surface area (Å²) in [5.74, 6) is 0.652. The van der Waals surface area contributed by atoms with Crippen molar-refractivity contribution in [3.05, 3.63) is 132 Å². The van der Waals surface area contributed by atoms with Crippen LogP contribution in [0.25, 0.3) is 6.08 Å². The Bertz CT molecular complexity index is 1580. The lowest BCUT2D eigenvalue weighted by Gasteiger charge is -2.10. The second kappa shape index (κ2) is 13.6. The van der Waals surface area contributed by atoms with Crippen LogP contribution in [0.15, 0.2) is 106 Å². The lowest BCUT2D eigenvalue weighted by atomic mass is 10.1. The van der Waals surface area contributed by atoms with Gasteiger partial charge in [0.25, 0.3) is 11.6 Å². The number of nitro groups is 1. The molecule has 0 saturated carbocycles. The first-order valence-corrected chi connectivity index (χ1v) is 13.5. The number of hydrogen-bond acceptors (Lipinski definition) is 6. The van der Waals surface area contributed by atoms with E-state index in [1.807, 2.05) is 30.3 Å². The van der Waals surface area contributed by atoms with Gasteiger partial charge in [0.05, 0.1) is 9.40 Å². The fourth-order valence-electron chi connectivity index (χ4n) is 3.49. The molecular weight excluding hydrogens is 642 g/mol. The molecule has 1 N–H and O–H groups in total. The van der Waals surface area contributed by atoms with Crippen molar-refractivity contribution < 1.29 is 19.2 Å². The van der Waals surface area contributed by atoms with E-state index in [4.69, 9.17) is 9.47 Å². The number of rotatable bonds is 10. The third-order valence-corrected chi connectivity index (χ3v) is 6.75. The third kappa shape index (κ3) is 8.02. The number of carbonyl (C=O) groups is 1. The van der Waals surface area contributed by atoms with Gasteiger partial charge in [-0.2, -0.15) is 5.26 Å². The van der Waals surface area contributed by atoms with E-state index in [9.17, 15) is 20.2 Å². The number of carbonyl (C=O) groups excluding carboxylic acids is 1. The fourth-order valence-corrected chi connectivity index (χ4v) is 4.27. The van der Waals surface area contributed by atoms with Crippen molar-refractivity contribution in [3.63, 3.8) is 0 Å². The van der Waals surface area contributed by atoms with Gasteiger partial charge in [0.2, 0.25) is 0 Å². The Labute approximate surface area is 247 Å². The Morgan fingerprint density at radius 2 is 1.52 bits per heavy atom. The van der Waals surface area contributed by atoms with Crippen LogP contribution in [0, 0.1) is 21.4 Å². The number of nitrogens with zero attached hydrogens (tertiary/aromatic N) is 2. The molecule has 8 nitrogen and oxygen atoms in total. The minimum absolute atomic E-state index is 0.0111. The summed E-state index contributed by atoms with van der Waals surface area (Å²) in [4.78, 5) is 23.1. The SMILES string of the molecule is N#C/C(=C\c1ccc(OCc2ccc([N+](=O)[O-])cc2)c(Br)c1)C(=O)Nc1ccc(OCc2ccc(Br)cc2)cc1. The van der Waals surface area contributed by atoms with Gasteiger partial charge >= 0.3 is 0 Å². The normalized spacial score (nSPS) is 10.9. The average molecular weight is 663 g/mol. The summed E-state index contributed by atoms with van der Waals surface area (Å²) in [6.07, 6.45) is 1.48. The molecule has 0 aliphatic heterocycles. The molecule has 0 fully saturated rings. The summed E-state index contributed by atoms with van der Waals surface area (Å²) in [5, 5.41) is 23.1. The van der Waals surface area contributed by atoms with E-state index >= 15 is 0 Å². The number of nitro benzene ring substituents is 1. The van der Waals surface area contributed by atoms with Crippen molar-refractivity contribution in [1.29, 1.82) is 5.26 Å². The summed E-state index contributed by atoms with van der Waals surface area (Å²) >= 11 is 6.86. The Hall–Kier alpha value is -4.46. The van der Waals surface area contributed by atoms with Gasteiger partial charge in [-0.15, -0.1) is 0 Å². The molecule has 4 rings (SSSR count). The van der Waals surface area contributed by atoms with Crippen LogP contribution in [0.3, 0.4) is 0 Å². The molecule has 0 heterocycles. The van der Waals surface area contributed by atoms with Crippen LogP contribution in [0.4, 0.5) is 11.4 Å². The average Bonchev–Trinajstić information content (AvgIpc) is 2.96. The maximum Gasteiger partial charge on any atom is 0.269 e. The molecule has 40 heavy (non-hydrogen) atoms. The van der Waals surface area contributed by atoms with Crippen LogP contribution in [0.5, 0.6) is 11.5 Å². The number of nitriles is 1. The smallest absolute Gasteiger partial charge is 0.269 e. The Balaban J connectivity index is 1.34. The fraction of sp³-hybridized carbons (Fsp3) is 0.0667. The van der Waals surface area contributed by atoms with Crippen molar-refractivity contribution in [2.75, 3.05) is 5.32 Å². The van der Waals surface area contributed by atoms with Gasteiger partial charge in [0, 0.05) is 22.3 Å². The van der Waals surface area contributed by atoms with Crippen molar-refractivity contribution in [2.24, 2.45) is 0 Å². The summed E-state index contributed by atoms with van der Waals surface area (Å²) in [6, 6.07) is 27.9. The quantitative estimate of drug-likeness (QED) is 0.0801. The monoisotopic (exact) mass is 661 g/mol. The molecule has 0 aliphatic carbocycles. The first-order valence-electron chi connectivity index (χ1n) is 11.9. The van der Waals surface area contributed by atoms with Gasteiger partial charge < -0.3 is 14.8 Å². The molecule has 10 heteroatoms. The van der Waals surface area contributed by atoms with Gasteiger partial charge in [0.1, 0.15) is 36.4 Å². The lowest BCUT2D eigenvalue weighted by Crippen LogP contribution is -2.13. The predicted octanol–water partition coefficient (Wildman–Crippen LogP) is 7.82. The van der Waals surface area contributed by atoms with Crippen molar-refractivity contribution in [3.8, 4) is 17.6 Å². The molecule has 0 atom stereocenters. The second-order valence-corrected chi connectivity index (χ2v) is 10.2. The van der Waals surface area contributed by atoms with Crippen LogP contribution < -0.4 is 14.8 Å². The van der Waals surface area contributed by atoms with Crippen LogP contribution >= 0.6 is 31.9 Å². The molecule has 4 aromatic carbocycles. The highest BCUT2D eigenvalue weighted by Crippen LogP contribution is 2.28. The van der Waals surface area contributed by atoms with Crippen LogP contribution in [-0.4, -0.2) is 10.8 Å². The zero-order valence-electron chi connectivity index (χ0n) is 20.8. The molecule has 200 valence electrons. The van der Waals surface area contributed by atoms with E-state index in [0.29, 0.717) is 33.8 Å². The standard InChI is InChI=1S/C30H21Br2N3O5/c31-24-6-1-20(2-7-24)18-39-27-12-8-25(9-13-27)34-30(36)23(17-33)15-22-5-14-29(28(32)16-22)40-19-21-3-10-26(11-4-21)35(37)38/h1-16H,18-19H2,(H,34,36)/b23-15+. The molecule has 1 amide bonds. The molecule has 0 unspecified atom stereocenters. The van der Waals surface area contributed by atoms with E-state index in [2.05, 4.69) is 37.2 Å². The van der Waals surface area contributed by atoms with Crippen molar-refractivity contribution in [2.45, 2.75) is 13.2 Å². The van der Waals surface area contributed by atoms with E-state index in [1.54, 1.807) is 54.6 Å². The van der Waals surface area contributed by atoms with Gasteiger partial charge in [0.15, 0.2) is 0 Å². The molecule has 0 aliphatic rings. The van der Waals surface area contributed by atoms with E-state index in [0.717, 1.165) is 15.6 Å². The highest BCUT2D eigenvalue weighted by molar-refractivity contribution is 9.10. The molecule has 0 bridgehead atoms. The van der Waals surface area contributed by atoms with Crippen molar-refractivity contribution >= 4 is 55.2 Å².